The number of fused-ring (bicyclic) bond motifs is 1. The topological polar surface area (TPSA) is 105 Å². The van der Waals surface area contributed by atoms with Gasteiger partial charge in [-0.25, -0.2) is 4.90 Å². The fourth-order valence-electron chi connectivity index (χ4n) is 4.31. The van der Waals surface area contributed by atoms with Crippen molar-refractivity contribution in [3.63, 3.8) is 0 Å². The van der Waals surface area contributed by atoms with E-state index in [0.717, 1.165) is 4.90 Å². The molecule has 29 heavy (non-hydrogen) atoms. The molecule has 0 saturated carbocycles. The van der Waals surface area contributed by atoms with Crippen molar-refractivity contribution in [1.82, 2.24) is 5.32 Å². The van der Waals surface area contributed by atoms with Crippen LogP contribution in [0, 0.1) is 11.8 Å². The number of aliphatic carboxylic acids is 1. The molecule has 0 unspecified atom stereocenters. The van der Waals surface area contributed by atoms with Crippen molar-refractivity contribution in [2.45, 2.75) is 12.1 Å². The van der Waals surface area contributed by atoms with Gasteiger partial charge in [0.15, 0.2) is 11.5 Å². The summed E-state index contributed by atoms with van der Waals surface area (Å²) in [7, 11) is 2.97. The van der Waals surface area contributed by atoms with E-state index in [4.69, 9.17) is 9.47 Å². The molecule has 2 aromatic carbocycles. The Hall–Kier alpha value is -3.39. The number of benzene rings is 2. The number of nitrogens with one attached hydrogen (secondary N) is 1. The summed E-state index contributed by atoms with van der Waals surface area (Å²) < 4.78 is 10.8. The minimum Gasteiger partial charge on any atom is -0.493 e. The summed E-state index contributed by atoms with van der Waals surface area (Å²) in [5.41, 5.74) is 0.999. The zero-order valence-corrected chi connectivity index (χ0v) is 15.9. The first-order valence-corrected chi connectivity index (χ1v) is 9.12. The average Bonchev–Trinajstić information content (AvgIpc) is 3.25. The van der Waals surface area contributed by atoms with Gasteiger partial charge in [0.25, 0.3) is 0 Å². The molecule has 4 atom stereocenters. The smallest absolute Gasteiger partial charge is 0.321 e. The van der Waals surface area contributed by atoms with Crippen LogP contribution >= 0.6 is 0 Å². The highest BCUT2D eigenvalue weighted by Gasteiger charge is 2.61. The van der Waals surface area contributed by atoms with Crippen LogP contribution in [0.5, 0.6) is 11.5 Å². The van der Waals surface area contributed by atoms with Gasteiger partial charge in [0.05, 0.1) is 31.7 Å². The van der Waals surface area contributed by atoms with Crippen LogP contribution in [0.15, 0.2) is 48.5 Å². The molecule has 0 spiro atoms. The maximum atomic E-state index is 13.3. The maximum Gasteiger partial charge on any atom is 0.321 e. The van der Waals surface area contributed by atoms with Gasteiger partial charge in [0, 0.05) is 11.6 Å². The number of carbonyl (C=O) groups excluding carboxylic acids is 2. The molecule has 2 heterocycles. The number of rotatable bonds is 5. The molecule has 2 aromatic rings. The molecule has 0 bridgehead atoms. The van der Waals surface area contributed by atoms with E-state index >= 15 is 0 Å². The number of imide groups is 1. The molecular weight excluding hydrogens is 376 g/mol. The maximum absolute atomic E-state index is 13.3. The lowest BCUT2D eigenvalue weighted by Gasteiger charge is -2.23. The second-order valence-corrected chi connectivity index (χ2v) is 6.94. The number of nitrogens with zero attached hydrogens (tertiary/aromatic N) is 1. The molecule has 2 saturated heterocycles. The van der Waals surface area contributed by atoms with Crippen LogP contribution in [0.4, 0.5) is 5.69 Å². The Morgan fingerprint density at radius 1 is 0.966 bits per heavy atom. The van der Waals surface area contributed by atoms with Gasteiger partial charge < -0.3 is 14.6 Å². The highest BCUT2D eigenvalue weighted by Crippen LogP contribution is 2.48. The number of anilines is 1. The number of carboxylic acids is 1. The molecule has 2 amide bonds. The normalized spacial score (nSPS) is 25.8. The Bertz CT molecular complexity index is 976. The number of ether oxygens (including phenoxy) is 2. The third kappa shape index (κ3) is 2.84. The number of methoxy groups -OCH3 is 2. The number of hydrogen-bond acceptors (Lipinski definition) is 6. The molecule has 4 rings (SSSR count). The van der Waals surface area contributed by atoms with Gasteiger partial charge in [-0.2, -0.15) is 0 Å². The second-order valence-electron chi connectivity index (χ2n) is 6.94. The summed E-state index contributed by atoms with van der Waals surface area (Å²) in [6.45, 7) is 0. The highest BCUT2D eigenvalue weighted by atomic mass is 16.5. The van der Waals surface area contributed by atoms with E-state index < -0.39 is 41.7 Å². The van der Waals surface area contributed by atoms with E-state index in [1.54, 1.807) is 48.5 Å². The van der Waals surface area contributed by atoms with E-state index in [0.29, 0.717) is 22.7 Å². The zero-order chi connectivity index (χ0) is 20.7. The summed E-state index contributed by atoms with van der Waals surface area (Å²) in [6, 6.07) is 11.8. The van der Waals surface area contributed by atoms with Crippen molar-refractivity contribution < 1.29 is 29.0 Å². The van der Waals surface area contributed by atoms with Crippen molar-refractivity contribution >= 4 is 23.5 Å². The van der Waals surface area contributed by atoms with Crippen LogP contribution in [-0.4, -0.2) is 43.2 Å². The van der Waals surface area contributed by atoms with E-state index in [1.807, 2.05) is 0 Å². The molecule has 2 aliphatic heterocycles. The largest absolute Gasteiger partial charge is 0.493 e. The van der Waals surface area contributed by atoms with E-state index in [9.17, 15) is 19.5 Å². The molecule has 8 heteroatoms. The van der Waals surface area contributed by atoms with Crippen LogP contribution in [0.25, 0.3) is 0 Å². The third-order valence-electron chi connectivity index (χ3n) is 5.52. The van der Waals surface area contributed by atoms with Gasteiger partial charge >= 0.3 is 5.97 Å². The Labute approximate surface area is 167 Å². The number of amides is 2. The predicted molar refractivity (Wildman–Crippen MR) is 103 cm³/mol. The molecule has 0 aromatic heterocycles. The molecule has 150 valence electrons. The van der Waals surface area contributed by atoms with Gasteiger partial charge in [-0.3, -0.25) is 19.7 Å². The van der Waals surface area contributed by atoms with Gasteiger partial charge in [-0.1, -0.05) is 30.3 Å². The molecule has 2 fully saturated rings. The highest BCUT2D eigenvalue weighted by molar-refractivity contribution is 6.23. The standard InChI is InChI=1S/C21H20N2O6/c1-28-13-10-6-9-12(18(13)29-2)16-14-15(17(22-16)21(26)27)20(25)23(19(14)24)11-7-4-3-5-8-11/h3-10,14-17,22H,1-2H3,(H,26,27)/t14-,15-,16-,17-/m0/s1. The van der Waals surface area contributed by atoms with Crippen LogP contribution in [0.1, 0.15) is 11.6 Å². The van der Waals surface area contributed by atoms with Crippen molar-refractivity contribution in [2.75, 3.05) is 19.1 Å². The summed E-state index contributed by atoms with van der Waals surface area (Å²) in [5.74, 6) is -3.16. The number of hydrogen-bond donors (Lipinski definition) is 2. The fourth-order valence-corrected chi connectivity index (χ4v) is 4.31. The quantitative estimate of drug-likeness (QED) is 0.740. The lowest BCUT2D eigenvalue weighted by molar-refractivity contribution is -0.142. The summed E-state index contributed by atoms with van der Waals surface area (Å²) in [5, 5.41) is 12.7. The Morgan fingerprint density at radius 3 is 2.28 bits per heavy atom. The third-order valence-corrected chi connectivity index (χ3v) is 5.52. The van der Waals surface area contributed by atoms with E-state index in [-0.39, 0.29) is 0 Å². The van der Waals surface area contributed by atoms with Crippen molar-refractivity contribution in [3.8, 4) is 11.5 Å². The number of carboxylic acid groups (broad SMARTS) is 1. The Balaban J connectivity index is 1.82. The molecule has 0 aliphatic carbocycles. The fraction of sp³-hybridized carbons (Fsp3) is 0.286. The summed E-state index contributed by atoms with van der Waals surface area (Å²) in [4.78, 5) is 39.4. The number of para-hydroxylation sites is 2. The van der Waals surface area contributed by atoms with E-state index in [1.165, 1.54) is 14.2 Å². The number of carbonyl (C=O) groups is 3. The van der Waals surface area contributed by atoms with Crippen LogP contribution in [-0.2, 0) is 14.4 Å². The van der Waals surface area contributed by atoms with Crippen LogP contribution in [0.2, 0.25) is 0 Å². The van der Waals surface area contributed by atoms with Crippen molar-refractivity contribution in [1.29, 1.82) is 0 Å². The molecule has 2 aliphatic rings. The first kappa shape index (κ1) is 18.9. The first-order valence-electron chi connectivity index (χ1n) is 9.12. The predicted octanol–water partition coefficient (Wildman–Crippen LogP) is 1.61. The summed E-state index contributed by atoms with van der Waals surface area (Å²) >= 11 is 0. The second kappa shape index (κ2) is 7.21. The summed E-state index contributed by atoms with van der Waals surface area (Å²) in [6.07, 6.45) is 0. The molecular formula is C21H20N2O6. The van der Waals surface area contributed by atoms with Crippen LogP contribution in [0.3, 0.4) is 0 Å². The molecule has 8 nitrogen and oxygen atoms in total. The monoisotopic (exact) mass is 396 g/mol. The molecule has 0 radical (unpaired) electrons. The van der Waals surface area contributed by atoms with Gasteiger partial charge in [0.1, 0.15) is 6.04 Å². The lowest BCUT2D eigenvalue weighted by Crippen LogP contribution is -2.43. The average molecular weight is 396 g/mol. The van der Waals surface area contributed by atoms with Gasteiger partial charge in [0.2, 0.25) is 11.8 Å². The van der Waals surface area contributed by atoms with E-state index in [2.05, 4.69) is 5.32 Å². The van der Waals surface area contributed by atoms with Crippen molar-refractivity contribution in [2.24, 2.45) is 11.8 Å². The lowest BCUT2D eigenvalue weighted by atomic mass is 9.86. The van der Waals surface area contributed by atoms with Crippen LogP contribution < -0.4 is 19.7 Å². The first-order chi connectivity index (χ1) is 14.0. The van der Waals surface area contributed by atoms with Crippen molar-refractivity contribution in [3.05, 3.63) is 54.1 Å². The Kier molecular flexibility index (Phi) is 4.71. The minimum absolute atomic E-state index is 0.399. The minimum atomic E-state index is -1.19. The Morgan fingerprint density at radius 2 is 1.66 bits per heavy atom. The SMILES string of the molecule is COc1cccc([C@@H]2N[C@H](C(=O)O)[C@H]3C(=O)N(c4ccccc4)C(=O)[C@@H]32)c1OC. The van der Waals surface area contributed by atoms with Gasteiger partial charge in [-0.15, -0.1) is 0 Å². The zero-order valence-electron chi connectivity index (χ0n) is 15.9. The molecule has 2 N–H and O–H groups in total. The van der Waals surface area contributed by atoms with Gasteiger partial charge in [-0.05, 0) is 18.2 Å².